The summed E-state index contributed by atoms with van der Waals surface area (Å²) in [6.45, 7) is 1.80. The molecule has 0 amide bonds. The van der Waals surface area contributed by atoms with Gasteiger partial charge in [-0.1, -0.05) is 48.5 Å². The standard InChI is InChI=1S/C22H21NO3S/c1-22(27(24,25)20-14-7-4-8-15-20)21(17-10-9-13-19(16-17)26-2)23(22)18-11-5-3-6-12-18/h3-16,21H,1-2H3. The lowest BCUT2D eigenvalue weighted by atomic mass is 10.1. The van der Waals surface area contributed by atoms with Gasteiger partial charge in [-0.3, -0.25) is 0 Å². The first kappa shape index (κ1) is 17.6. The minimum atomic E-state index is -3.59. The van der Waals surface area contributed by atoms with Crippen LogP contribution in [0.4, 0.5) is 5.69 Å². The number of sulfone groups is 1. The van der Waals surface area contributed by atoms with Gasteiger partial charge < -0.3 is 9.64 Å². The van der Waals surface area contributed by atoms with Crippen LogP contribution in [0.25, 0.3) is 0 Å². The monoisotopic (exact) mass is 379 g/mol. The Morgan fingerprint density at radius 1 is 0.889 bits per heavy atom. The van der Waals surface area contributed by atoms with Gasteiger partial charge in [-0.25, -0.2) is 8.42 Å². The molecule has 3 aromatic rings. The van der Waals surface area contributed by atoms with E-state index in [1.165, 1.54) is 0 Å². The zero-order chi connectivity index (χ0) is 19.1. The van der Waals surface area contributed by atoms with E-state index in [9.17, 15) is 8.42 Å². The largest absolute Gasteiger partial charge is 0.497 e. The fourth-order valence-corrected chi connectivity index (χ4v) is 5.69. The van der Waals surface area contributed by atoms with Gasteiger partial charge in [0.25, 0.3) is 0 Å². The lowest BCUT2D eigenvalue weighted by Gasteiger charge is -2.14. The van der Waals surface area contributed by atoms with Gasteiger partial charge in [-0.2, -0.15) is 0 Å². The molecule has 1 heterocycles. The number of rotatable bonds is 5. The second-order valence-electron chi connectivity index (χ2n) is 6.76. The van der Waals surface area contributed by atoms with Crippen molar-refractivity contribution in [2.24, 2.45) is 0 Å². The third kappa shape index (κ3) is 2.70. The van der Waals surface area contributed by atoms with E-state index in [1.54, 1.807) is 38.3 Å². The van der Waals surface area contributed by atoms with Crippen LogP contribution < -0.4 is 9.64 Å². The fraction of sp³-hybridized carbons (Fsp3) is 0.182. The first-order valence-electron chi connectivity index (χ1n) is 8.78. The van der Waals surface area contributed by atoms with Crippen LogP contribution in [0.3, 0.4) is 0 Å². The van der Waals surface area contributed by atoms with Crippen molar-refractivity contribution in [3.8, 4) is 5.75 Å². The van der Waals surface area contributed by atoms with Gasteiger partial charge in [-0.05, 0) is 48.9 Å². The molecule has 0 radical (unpaired) electrons. The number of para-hydroxylation sites is 1. The van der Waals surface area contributed by atoms with Gasteiger partial charge >= 0.3 is 0 Å². The summed E-state index contributed by atoms with van der Waals surface area (Å²) >= 11 is 0. The van der Waals surface area contributed by atoms with Crippen molar-refractivity contribution >= 4 is 15.5 Å². The minimum absolute atomic E-state index is 0.291. The van der Waals surface area contributed by atoms with Gasteiger partial charge in [0.1, 0.15) is 5.75 Å². The van der Waals surface area contributed by atoms with Crippen molar-refractivity contribution in [3.05, 3.63) is 90.5 Å². The molecule has 1 fully saturated rings. The maximum atomic E-state index is 13.6. The minimum Gasteiger partial charge on any atom is -0.497 e. The molecule has 138 valence electrons. The molecular formula is C22H21NO3S. The Hall–Kier alpha value is -2.79. The van der Waals surface area contributed by atoms with Crippen molar-refractivity contribution in [3.63, 3.8) is 0 Å². The zero-order valence-corrected chi connectivity index (χ0v) is 16.1. The average Bonchev–Trinajstić information content (AvgIpc) is 3.37. The Kier molecular flexibility index (Phi) is 4.19. The molecular weight excluding hydrogens is 358 g/mol. The zero-order valence-electron chi connectivity index (χ0n) is 15.2. The van der Waals surface area contributed by atoms with Gasteiger partial charge in [0, 0.05) is 5.69 Å². The normalized spacial score (nSPS) is 21.7. The van der Waals surface area contributed by atoms with E-state index in [0.29, 0.717) is 10.6 Å². The smallest absolute Gasteiger partial charge is 0.204 e. The summed E-state index contributed by atoms with van der Waals surface area (Å²) in [5.74, 6) is 0.715. The van der Waals surface area contributed by atoms with E-state index in [1.807, 2.05) is 65.6 Å². The molecule has 0 N–H and O–H groups in total. The Balaban J connectivity index is 1.86. The van der Waals surface area contributed by atoms with Gasteiger partial charge in [0.05, 0.1) is 18.0 Å². The van der Waals surface area contributed by atoms with Crippen LogP contribution in [0.2, 0.25) is 0 Å². The molecule has 4 nitrogen and oxygen atoms in total. The summed E-state index contributed by atoms with van der Waals surface area (Å²) in [5, 5.41) is 0. The highest BCUT2D eigenvalue weighted by atomic mass is 32.2. The highest BCUT2D eigenvalue weighted by Crippen LogP contribution is 2.60. The van der Waals surface area contributed by atoms with Crippen LogP contribution in [0.5, 0.6) is 5.75 Å². The van der Waals surface area contributed by atoms with E-state index in [0.717, 1.165) is 11.3 Å². The van der Waals surface area contributed by atoms with Crippen LogP contribution >= 0.6 is 0 Å². The molecule has 3 aromatic carbocycles. The van der Waals surface area contributed by atoms with Crippen molar-refractivity contribution in [1.29, 1.82) is 0 Å². The molecule has 5 heteroatoms. The summed E-state index contributed by atoms with van der Waals surface area (Å²) in [6.07, 6.45) is 0. The van der Waals surface area contributed by atoms with Gasteiger partial charge in [0.2, 0.25) is 9.84 Å². The van der Waals surface area contributed by atoms with Crippen molar-refractivity contribution in [1.82, 2.24) is 0 Å². The number of ether oxygens (including phenoxy) is 1. The average molecular weight is 379 g/mol. The van der Waals surface area contributed by atoms with E-state index in [-0.39, 0.29) is 6.04 Å². The molecule has 27 heavy (non-hydrogen) atoms. The number of anilines is 1. The predicted molar refractivity (Wildman–Crippen MR) is 107 cm³/mol. The molecule has 1 saturated heterocycles. The van der Waals surface area contributed by atoms with Crippen molar-refractivity contribution < 1.29 is 13.2 Å². The number of benzene rings is 3. The first-order valence-corrected chi connectivity index (χ1v) is 10.3. The molecule has 0 saturated carbocycles. The van der Waals surface area contributed by atoms with Crippen LogP contribution in [-0.2, 0) is 9.84 Å². The predicted octanol–water partition coefficient (Wildman–Crippen LogP) is 4.45. The molecule has 2 unspecified atom stereocenters. The molecule has 2 atom stereocenters. The Bertz CT molecular complexity index is 1050. The highest BCUT2D eigenvalue weighted by molar-refractivity contribution is 7.93. The number of hydrogen-bond acceptors (Lipinski definition) is 4. The number of hydrogen-bond donors (Lipinski definition) is 0. The third-order valence-electron chi connectivity index (χ3n) is 5.22. The molecule has 0 spiro atoms. The Morgan fingerprint density at radius 2 is 1.52 bits per heavy atom. The Morgan fingerprint density at radius 3 is 2.15 bits per heavy atom. The molecule has 4 rings (SSSR count). The lowest BCUT2D eigenvalue weighted by Crippen LogP contribution is -2.26. The maximum absolute atomic E-state index is 13.6. The summed E-state index contributed by atoms with van der Waals surface area (Å²) in [5.41, 5.74) is 1.80. The number of methoxy groups -OCH3 is 1. The summed E-state index contributed by atoms with van der Waals surface area (Å²) in [6, 6.07) is 25.6. The first-order chi connectivity index (χ1) is 13.0. The summed E-state index contributed by atoms with van der Waals surface area (Å²) < 4.78 is 32.5. The van der Waals surface area contributed by atoms with Crippen LogP contribution in [-0.4, -0.2) is 20.4 Å². The number of nitrogens with zero attached hydrogens (tertiary/aromatic N) is 1. The maximum Gasteiger partial charge on any atom is 0.204 e. The van der Waals surface area contributed by atoms with Crippen molar-refractivity contribution in [2.75, 3.05) is 12.0 Å². The second-order valence-corrected chi connectivity index (χ2v) is 9.06. The van der Waals surface area contributed by atoms with Crippen molar-refractivity contribution in [2.45, 2.75) is 22.7 Å². The molecule has 0 aromatic heterocycles. The van der Waals surface area contributed by atoms with Crippen LogP contribution in [0.1, 0.15) is 18.5 Å². The van der Waals surface area contributed by atoms with Gasteiger partial charge in [0.15, 0.2) is 4.87 Å². The molecule has 1 aliphatic rings. The van der Waals surface area contributed by atoms with E-state index in [2.05, 4.69) is 0 Å². The summed E-state index contributed by atoms with van der Waals surface area (Å²) in [7, 11) is -1.98. The lowest BCUT2D eigenvalue weighted by molar-refractivity contribution is 0.414. The molecule has 0 aliphatic carbocycles. The topological polar surface area (TPSA) is 46.4 Å². The third-order valence-corrected chi connectivity index (χ3v) is 7.62. The highest BCUT2D eigenvalue weighted by Gasteiger charge is 2.68. The SMILES string of the molecule is COc1cccc(C2N(c3ccccc3)C2(C)S(=O)(=O)c2ccccc2)c1. The summed E-state index contributed by atoms with van der Waals surface area (Å²) in [4.78, 5) is 1.23. The molecule has 1 aliphatic heterocycles. The van der Waals surface area contributed by atoms with Crippen LogP contribution in [0, 0.1) is 0 Å². The van der Waals surface area contributed by atoms with E-state index < -0.39 is 14.7 Å². The quantitative estimate of drug-likeness (QED) is 0.615. The van der Waals surface area contributed by atoms with Crippen LogP contribution in [0.15, 0.2) is 89.8 Å². The second kappa shape index (κ2) is 6.43. The molecule has 0 bridgehead atoms. The van der Waals surface area contributed by atoms with Gasteiger partial charge in [-0.15, -0.1) is 0 Å². The Labute approximate surface area is 159 Å². The van der Waals surface area contributed by atoms with E-state index in [4.69, 9.17) is 4.74 Å². The van der Waals surface area contributed by atoms with E-state index >= 15 is 0 Å². The fourth-order valence-electron chi connectivity index (χ4n) is 3.75.